The zero-order valence-electron chi connectivity index (χ0n) is 8.14. The molecule has 0 saturated heterocycles. The SMILES string of the molecule is CN(CC(=O)O)CC(=O)Nc1nccs1. The van der Waals surface area contributed by atoms with Gasteiger partial charge in [0.15, 0.2) is 5.13 Å². The first kappa shape index (κ1) is 11.6. The molecule has 0 bridgehead atoms. The molecule has 0 spiro atoms. The fourth-order valence-corrected chi connectivity index (χ4v) is 1.52. The van der Waals surface area contributed by atoms with Crippen molar-refractivity contribution in [3.63, 3.8) is 0 Å². The Labute approximate surface area is 90.5 Å². The van der Waals surface area contributed by atoms with E-state index in [0.717, 1.165) is 0 Å². The van der Waals surface area contributed by atoms with Gasteiger partial charge in [-0.05, 0) is 7.05 Å². The van der Waals surface area contributed by atoms with E-state index in [0.29, 0.717) is 5.13 Å². The quantitative estimate of drug-likeness (QED) is 0.748. The summed E-state index contributed by atoms with van der Waals surface area (Å²) < 4.78 is 0. The number of anilines is 1. The Bertz CT molecular complexity index is 339. The predicted molar refractivity (Wildman–Crippen MR) is 55.9 cm³/mol. The second-order valence-corrected chi connectivity index (χ2v) is 3.85. The van der Waals surface area contributed by atoms with Crippen molar-refractivity contribution in [2.75, 3.05) is 25.5 Å². The third kappa shape index (κ3) is 4.52. The van der Waals surface area contributed by atoms with E-state index in [1.165, 1.54) is 16.2 Å². The molecule has 0 unspecified atom stereocenters. The topological polar surface area (TPSA) is 82.5 Å². The lowest BCUT2D eigenvalue weighted by molar-refractivity contribution is -0.138. The van der Waals surface area contributed by atoms with E-state index in [2.05, 4.69) is 10.3 Å². The highest BCUT2D eigenvalue weighted by Gasteiger charge is 2.10. The summed E-state index contributed by atoms with van der Waals surface area (Å²) in [6, 6.07) is 0. The zero-order valence-corrected chi connectivity index (χ0v) is 8.95. The largest absolute Gasteiger partial charge is 0.480 e. The van der Waals surface area contributed by atoms with E-state index >= 15 is 0 Å². The van der Waals surface area contributed by atoms with E-state index < -0.39 is 5.97 Å². The molecule has 0 aliphatic rings. The zero-order chi connectivity index (χ0) is 11.3. The van der Waals surface area contributed by atoms with Crippen LogP contribution in [-0.2, 0) is 9.59 Å². The lowest BCUT2D eigenvalue weighted by atomic mass is 10.5. The molecule has 0 fully saturated rings. The number of thiazole rings is 1. The maximum atomic E-state index is 11.3. The summed E-state index contributed by atoms with van der Waals surface area (Å²) in [5.74, 6) is -1.23. The molecule has 2 N–H and O–H groups in total. The number of hydrogen-bond acceptors (Lipinski definition) is 5. The lowest BCUT2D eigenvalue weighted by Gasteiger charge is -2.12. The Morgan fingerprint density at radius 1 is 1.60 bits per heavy atom. The van der Waals surface area contributed by atoms with Crippen LogP contribution >= 0.6 is 11.3 Å². The van der Waals surface area contributed by atoms with Crippen LogP contribution in [0.1, 0.15) is 0 Å². The lowest BCUT2D eigenvalue weighted by Crippen LogP contribution is -2.33. The Morgan fingerprint density at radius 2 is 2.33 bits per heavy atom. The number of carboxylic acids is 1. The average Bonchev–Trinajstić information content (AvgIpc) is 2.53. The summed E-state index contributed by atoms with van der Waals surface area (Å²) in [6.45, 7) is -0.128. The van der Waals surface area contributed by atoms with Gasteiger partial charge in [-0.1, -0.05) is 0 Å². The Balaban J connectivity index is 2.33. The molecule has 1 rings (SSSR count). The van der Waals surface area contributed by atoms with Gasteiger partial charge in [-0.25, -0.2) is 4.98 Å². The van der Waals surface area contributed by atoms with Gasteiger partial charge < -0.3 is 10.4 Å². The van der Waals surface area contributed by atoms with Crippen molar-refractivity contribution >= 4 is 28.3 Å². The number of carbonyl (C=O) groups excluding carboxylic acids is 1. The van der Waals surface area contributed by atoms with E-state index in [-0.39, 0.29) is 19.0 Å². The average molecular weight is 229 g/mol. The molecule has 15 heavy (non-hydrogen) atoms. The minimum Gasteiger partial charge on any atom is -0.480 e. The molecule has 1 aromatic heterocycles. The van der Waals surface area contributed by atoms with Gasteiger partial charge in [0.2, 0.25) is 5.91 Å². The minimum atomic E-state index is -0.959. The Hall–Kier alpha value is -1.47. The fraction of sp³-hybridized carbons (Fsp3) is 0.375. The van der Waals surface area contributed by atoms with Crippen LogP contribution in [0.3, 0.4) is 0 Å². The number of hydrogen-bond donors (Lipinski definition) is 2. The highest BCUT2D eigenvalue weighted by Crippen LogP contribution is 2.09. The summed E-state index contributed by atoms with van der Waals surface area (Å²) in [6.07, 6.45) is 1.58. The van der Waals surface area contributed by atoms with Crippen molar-refractivity contribution in [2.45, 2.75) is 0 Å². The van der Waals surface area contributed by atoms with Gasteiger partial charge in [0, 0.05) is 11.6 Å². The van der Waals surface area contributed by atoms with Gasteiger partial charge >= 0.3 is 5.97 Å². The Kier molecular flexibility index (Phi) is 4.19. The first-order chi connectivity index (χ1) is 7.08. The summed E-state index contributed by atoms with van der Waals surface area (Å²) in [5.41, 5.74) is 0. The van der Waals surface area contributed by atoms with Gasteiger partial charge in [-0.2, -0.15) is 0 Å². The molecule has 1 heterocycles. The molecule has 1 aromatic rings. The number of carbonyl (C=O) groups is 2. The number of nitrogens with zero attached hydrogens (tertiary/aromatic N) is 2. The van der Waals surface area contributed by atoms with Crippen LogP contribution in [0.4, 0.5) is 5.13 Å². The number of amides is 1. The van der Waals surface area contributed by atoms with E-state index in [4.69, 9.17) is 5.11 Å². The molecule has 6 nitrogen and oxygen atoms in total. The van der Waals surface area contributed by atoms with Crippen LogP contribution < -0.4 is 5.32 Å². The number of aliphatic carboxylic acids is 1. The van der Waals surface area contributed by atoms with Crippen molar-refractivity contribution in [2.24, 2.45) is 0 Å². The summed E-state index contributed by atoms with van der Waals surface area (Å²) in [4.78, 5) is 26.9. The maximum absolute atomic E-state index is 11.3. The normalized spacial score (nSPS) is 10.3. The second-order valence-electron chi connectivity index (χ2n) is 2.95. The molecule has 7 heteroatoms. The molecule has 82 valence electrons. The number of rotatable bonds is 5. The molecule has 0 saturated carbocycles. The second kappa shape index (κ2) is 5.42. The van der Waals surface area contributed by atoms with Crippen molar-refractivity contribution in [1.29, 1.82) is 0 Å². The van der Waals surface area contributed by atoms with E-state index in [9.17, 15) is 9.59 Å². The van der Waals surface area contributed by atoms with E-state index in [1.807, 2.05) is 0 Å². The third-order valence-electron chi connectivity index (χ3n) is 1.50. The first-order valence-electron chi connectivity index (χ1n) is 4.17. The highest BCUT2D eigenvalue weighted by molar-refractivity contribution is 7.13. The van der Waals surface area contributed by atoms with Gasteiger partial charge in [0.05, 0.1) is 13.1 Å². The molecule has 0 aliphatic heterocycles. The summed E-state index contributed by atoms with van der Waals surface area (Å²) in [5, 5.41) is 13.3. The predicted octanol–water partition coefficient (Wildman–Crippen LogP) is 0.0980. The summed E-state index contributed by atoms with van der Waals surface area (Å²) in [7, 11) is 1.57. The molecule has 0 radical (unpaired) electrons. The first-order valence-corrected chi connectivity index (χ1v) is 5.05. The van der Waals surface area contributed by atoms with Crippen molar-refractivity contribution in [3.8, 4) is 0 Å². The molecular formula is C8H11N3O3S. The van der Waals surface area contributed by atoms with Crippen LogP contribution in [0.2, 0.25) is 0 Å². The van der Waals surface area contributed by atoms with Crippen LogP contribution in [0, 0.1) is 0 Å². The molecule has 0 aromatic carbocycles. The van der Waals surface area contributed by atoms with Crippen molar-refractivity contribution in [1.82, 2.24) is 9.88 Å². The van der Waals surface area contributed by atoms with Gasteiger partial charge in [0.25, 0.3) is 0 Å². The van der Waals surface area contributed by atoms with Gasteiger partial charge in [-0.15, -0.1) is 11.3 Å². The van der Waals surface area contributed by atoms with Crippen LogP contribution in [0.15, 0.2) is 11.6 Å². The standard InChI is InChI=1S/C8H11N3O3S/c1-11(5-7(13)14)4-6(12)10-8-9-2-3-15-8/h2-3H,4-5H2,1H3,(H,13,14)(H,9,10,12). The van der Waals surface area contributed by atoms with Crippen LogP contribution in [0.5, 0.6) is 0 Å². The number of nitrogens with one attached hydrogen (secondary N) is 1. The smallest absolute Gasteiger partial charge is 0.317 e. The molecule has 1 amide bonds. The van der Waals surface area contributed by atoms with Gasteiger partial charge in [0.1, 0.15) is 0 Å². The fourth-order valence-electron chi connectivity index (χ4n) is 0.976. The van der Waals surface area contributed by atoms with Gasteiger partial charge in [-0.3, -0.25) is 14.5 Å². The van der Waals surface area contributed by atoms with Crippen molar-refractivity contribution < 1.29 is 14.7 Å². The highest BCUT2D eigenvalue weighted by atomic mass is 32.1. The molecule has 0 aliphatic carbocycles. The number of aromatic nitrogens is 1. The molecular weight excluding hydrogens is 218 g/mol. The van der Waals surface area contributed by atoms with E-state index in [1.54, 1.807) is 18.6 Å². The maximum Gasteiger partial charge on any atom is 0.317 e. The Morgan fingerprint density at radius 3 is 2.87 bits per heavy atom. The van der Waals surface area contributed by atoms with Crippen LogP contribution in [0.25, 0.3) is 0 Å². The molecule has 0 atom stereocenters. The monoisotopic (exact) mass is 229 g/mol. The third-order valence-corrected chi connectivity index (χ3v) is 2.19. The number of likely N-dealkylation sites (N-methyl/N-ethyl adjacent to an activating group) is 1. The minimum absolute atomic E-state index is 0.0336. The van der Waals surface area contributed by atoms with Crippen LogP contribution in [-0.4, -0.2) is 47.0 Å². The van der Waals surface area contributed by atoms with Crippen molar-refractivity contribution in [3.05, 3.63) is 11.6 Å². The number of carboxylic acid groups (broad SMARTS) is 1. The summed E-state index contributed by atoms with van der Waals surface area (Å²) >= 11 is 1.31.